The van der Waals surface area contributed by atoms with E-state index in [0.29, 0.717) is 29.5 Å². The lowest BCUT2D eigenvalue weighted by atomic mass is 10.1. The van der Waals surface area contributed by atoms with Gasteiger partial charge in [0.2, 0.25) is 0 Å². The van der Waals surface area contributed by atoms with Crippen molar-refractivity contribution < 1.29 is 4.79 Å². The number of benzene rings is 1. The number of nitrogens with zero attached hydrogens (tertiary/aromatic N) is 5. The van der Waals surface area contributed by atoms with Gasteiger partial charge in [0, 0.05) is 23.5 Å². The zero-order valence-corrected chi connectivity index (χ0v) is 18.4. The van der Waals surface area contributed by atoms with E-state index >= 15 is 0 Å². The Labute approximate surface area is 185 Å². The van der Waals surface area contributed by atoms with Crippen molar-refractivity contribution in [1.82, 2.24) is 24.0 Å². The first kappa shape index (κ1) is 20.2. The van der Waals surface area contributed by atoms with Crippen molar-refractivity contribution >= 4 is 17.2 Å². The Kier molecular flexibility index (Phi) is 4.73. The fourth-order valence-electron chi connectivity index (χ4n) is 3.90. The van der Waals surface area contributed by atoms with Crippen LogP contribution in [0, 0.1) is 0 Å². The maximum absolute atomic E-state index is 12.9. The van der Waals surface area contributed by atoms with Crippen LogP contribution in [0.4, 0.5) is 5.69 Å². The minimum Gasteiger partial charge on any atom is -0.321 e. The first-order valence-electron chi connectivity index (χ1n) is 10.8. The van der Waals surface area contributed by atoms with Crippen molar-refractivity contribution in [1.29, 1.82) is 0 Å². The Hall–Kier alpha value is -3.68. The molecule has 0 radical (unpaired) electrons. The third-order valence-corrected chi connectivity index (χ3v) is 5.61. The Balaban J connectivity index is 1.36. The lowest BCUT2D eigenvalue weighted by Crippen LogP contribution is -2.25. The second kappa shape index (κ2) is 7.47. The van der Waals surface area contributed by atoms with Crippen LogP contribution >= 0.6 is 0 Å². The zero-order chi connectivity index (χ0) is 22.5. The summed E-state index contributed by atoms with van der Waals surface area (Å²) in [6, 6.07) is 14.8. The monoisotopic (exact) mass is 430 g/mol. The number of hydrogen-bond donors (Lipinski definition) is 1. The molecule has 5 rings (SSSR count). The maximum atomic E-state index is 12.9. The van der Waals surface area contributed by atoms with E-state index in [9.17, 15) is 9.59 Å². The van der Waals surface area contributed by atoms with Crippen LogP contribution in [-0.2, 0) is 12.1 Å². The quantitative estimate of drug-likeness (QED) is 0.524. The van der Waals surface area contributed by atoms with E-state index in [1.54, 1.807) is 18.3 Å². The molecule has 0 unspecified atom stereocenters. The molecule has 0 atom stereocenters. The molecular weight excluding hydrogens is 404 g/mol. The van der Waals surface area contributed by atoms with Gasteiger partial charge in [0.25, 0.3) is 5.91 Å². The van der Waals surface area contributed by atoms with E-state index in [4.69, 9.17) is 0 Å². The van der Waals surface area contributed by atoms with Crippen LogP contribution in [0.5, 0.6) is 0 Å². The number of fused-ring (bicyclic) bond motifs is 1. The molecule has 0 aliphatic heterocycles. The van der Waals surface area contributed by atoms with Gasteiger partial charge in [0.1, 0.15) is 0 Å². The average Bonchev–Trinajstić information content (AvgIpc) is 3.41. The molecule has 0 saturated heterocycles. The molecule has 1 N–H and O–H groups in total. The minimum absolute atomic E-state index is 0.183. The average molecular weight is 431 g/mol. The van der Waals surface area contributed by atoms with Crippen molar-refractivity contribution in [2.24, 2.45) is 0 Å². The molecule has 0 bridgehead atoms. The fourth-order valence-corrected chi connectivity index (χ4v) is 3.90. The first-order valence-corrected chi connectivity index (χ1v) is 10.8. The molecule has 1 aliphatic carbocycles. The number of nitrogens with one attached hydrogen (secondary N) is 1. The van der Waals surface area contributed by atoms with Crippen LogP contribution in [0.15, 0.2) is 59.5 Å². The van der Waals surface area contributed by atoms with Gasteiger partial charge in [-0.2, -0.15) is 5.10 Å². The number of pyridine rings is 1. The molecule has 1 amide bonds. The van der Waals surface area contributed by atoms with Crippen molar-refractivity contribution in [2.75, 3.05) is 5.32 Å². The summed E-state index contributed by atoms with van der Waals surface area (Å²) in [7, 11) is 0. The third-order valence-electron chi connectivity index (χ3n) is 5.61. The molecule has 0 spiro atoms. The second-order valence-corrected chi connectivity index (χ2v) is 9.33. The second-order valence-electron chi connectivity index (χ2n) is 9.33. The highest BCUT2D eigenvalue weighted by Crippen LogP contribution is 2.41. The van der Waals surface area contributed by atoms with Gasteiger partial charge < -0.3 is 5.32 Å². The van der Waals surface area contributed by atoms with E-state index in [-0.39, 0.29) is 17.1 Å². The van der Waals surface area contributed by atoms with Gasteiger partial charge in [-0.3, -0.25) is 13.9 Å². The predicted octanol–water partition coefficient (Wildman–Crippen LogP) is 3.63. The molecule has 4 aromatic rings. The van der Waals surface area contributed by atoms with Gasteiger partial charge in [0.05, 0.1) is 12.1 Å². The zero-order valence-electron chi connectivity index (χ0n) is 18.4. The molecule has 8 heteroatoms. The minimum atomic E-state index is -0.239. The third kappa shape index (κ3) is 3.84. The Morgan fingerprint density at radius 2 is 1.91 bits per heavy atom. The van der Waals surface area contributed by atoms with Crippen LogP contribution in [-0.4, -0.2) is 29.9 Å². The van der Waals surface area contributed by atoms with Crippen molar-refractivity contribution in [3.8, 4) is 0 Å². The van der Waals surface area contributed by atoms with E-state index in [1.807, 2.05) is 41.1 Å². The number of rotatable bonds is 5. The maximum Gasteiger partial charge on any atom is 0.350 e. The van der Waals surface area contributed by atoms with Crippen LogP contribution in [0.2, 0.25) is 0 Å². The van der Waals surface area contributed by atoms with E-state index in [2.05, 4.69) is 36.3 Å². The molecule has 1 fully saturated rings. The first-order chi connectivity index (χ1) is 15.3. The van der Waals surface area contributed by atoms with Gasteiger partial charge >= 0.3 is 5.69 Å². The number of carbonyl (C=O) groups is 1. The largest absolute Gasteiger partial charge is 0.350 e. The van der Waals surface area contributed by atoms with Crippen LogP contribution in [0.3, 0.4) is 0 Å². The van der Waals surface area contributed by atoms with Crippen LogP contribution in [0.1, 0.15) is 61.3 Å². The van der Waals surface area contributed by atoms with Gasteiger partial charge in [0.15, 0.2) is 11.3 Å². The molecular formula is C24H26N6O2. The normalized spacial score (nSPS) is 14.1. The SMILES string of the molecule is CC(C)(C)n1nc(C(=O)Nc2cccc(Cn3nc4ccccn4c3=O)c2)cc1C1CC1. The Morgan fingerprint density at radius 3 is 2.62 bits per heavy atom. The lowest BCUT2D eigenvalue weighted by Gasteiger charge is -2.22. The molecule has 3 heterocycles. The van der Waals surface area contributed by atoms with Crippen molar-refractivity contribution in [3.05, 3.63) is 82.2 Å². The molecule has 164 valence electrons. The number of carbonyl (C=O) groups excluding carboxylic acids is 1. The highest BCUT2D eigenvalue weighted by atomic mass is 16.2. The number of hydrogen-bond acceptors (Lipinski definition) is 4. The standard InChI is InChI=1S/C24H26N6O2/c1-24(2,3)30-20(17-10-11-17)14-19(26-30)22(31)25-18-8-6-7-16(13-18)15-29-23(32)28-12-5-4-9-21(28)27-29/h4-9,12-14,17H,10-11,15H2,1-3H3,(H,25,31). The topological polar surface area (TPSA) is 86.2 Å². The van der Waals surface area contributed by atoms with Crippen molar-refractivity contribution in [3.63, 3.8) is 0 Å². The van der Waals surface area contributed by atoms with Crippen LogP contribution < -0.4 is 11.0 Å². The van der Waals surface area contributed by atoms with E-state index in [1.165, 1.54) is 9.08 Å². The highest BCUT2D eigenvalue weighted by Gasteiger charge is 2.32. The molecule has 1 aromatic carbocycles. The van der Waals surface area contributed by atoms with Crippen molar-refractivity contribution in [2.45, 2.75) is 51.6 Å². The Morgan fingerprint density at radius 1 is 1.09 bits per heavy atom. The highest BCUT2D eigenvalue weighted by molar-refractivity contribution is 6.03. The molecule has 1 aliphatic rings. The summed E-state index contributed by atoms with van der Waals surface area (Å²) in [6.45, 7) is 6.60. The van der Waals surface area contributed by atoms with Gasteiger partial charge in [-0.15, -0.1) is 5.10 Å². The lowest BCUT2D eigenvalue weighted by molar-refractivity contribution is 0.102. The fraction of sp³-hybridized carbons (Fsp3) is 0.333. The summed E-state index contributed by atoms with van der Waals surface area (Å²) in [5.41, 5.74) is 3.29. The summed E-state index contributed by atoms with van der Waals surface area (Å²) < 4.78 is 4.91. The molecule has 3 aromatic heterocycles. The number of amides is 1. The Bertz CT molecular complexity index is 1370. The van der Waals surface area contributed by atoms with Crippen LogP contribution in [0.25, 0.3) is 5.65 Å². The number of aromatic nitrogens is 5. The summed E-state index contributed by atoms with van der Waals surface area (Å²) in [6.07, 6.45) is 3.99. The van der Waals surface area contributed by atoms with Gasteiger partial charge in [-0.1, -0.05) is 18.2 Å². The smallest absolute Gasteiger partial charge is 0.321 e. The molecule has 8 nitrogen and oxygen atoms in total. The van der Waals surface area contributed by atoms with E-state index < -0.39 is 0 Å². The van der Waals surface area contributed by atoms with E-state index in [0.717, 1.165) is 24.1 Å². The molecule has 32 heavy (non-hydrogen) atoms. The summed E-state index contributed by atoms with van der Waals surface area (Å²) in [4.78, 5) is 25.5. The predicted molar refractivity (Wildman–Crippen MR) is 122 cm³/mol. The van der Waals surface area contributed by atoms with Gasteiger partial charge in [-0.25, -0.2) is 9.48 Å². The summed E-state index contributed by atoms with van der Waals surface area (Å²) >= 11 is 0. The summed E-state index contributed by atoms with van der Waals surface area (Å²) in [5, 5.41) is 11.9. The molecule has 1 saturated carbocycles. The number of anilines is 1. The van der Waals surface area contributed by atoms with Gasteiger partial charge in [-0.05, 0) is 69.5 Å². The summed E-state index contributed by atoms with van der Waals surface area (Å²) in [5.74, 6) is 0.257.